The highest BCUT2D eigenvalue weighted by Gasteiger charge is 2.16. The fourth-order valence-corrected chi connectivity index (χ4v) is 2.91. The monoisotopic (exact) mass is 270 g/mol. The highest BCUT2D eigenvalue weighted by molar-refractivity contribution is 7.99. The number of rotatable bonds is 4. The minimum Gasteiger partial charge on any atom is -0.478 e. The summed E-state index contributed by atoms with van der Waals surface area (Å²) in [5, 5.41) is 8.86. The Kier molecular flexibility index (Phi) is 4.60. The van der Waals surface area contributed by atoms with Crippen molar-refractivity contribution in [1.29, 1.82) is 0 Å². The van der Waals surface area contributed by atoms with Crippen molar-refractivity contribution in [3.05, 3.63) is 29.6 Å². The lowest BCUT2D eigenvalue weighted by atomic mass is 10.1. The van der Waals surface area contributed by atoms with Crippen molar-refractivity contribution in [3.8, 4) is 0 Å². The summed E-state index contributed by atoms with van der Waals surface area (Å²) in [6, 6.07) is 3.86. The third-order valence-corrected chi connectivity index (χ3v) is 4.04. The normalized spacial score (nSPS) is 19.7. The first-order chi connectivity index (χ1) is 8.66. The maximum absolute atomic E-state index is 13.5. The van der Waals surface area contributed by atoms with E-state index in [0.717, 1.165) is 25.9 Å². The summed E-state index contributed by atoms with van der Waals surface area (Å²) in [6.07, 6.45) is 3.37. The number of halogens is 1. The Hall–Kier alpha value is -1.07. The Morgan fingerprint density at radius 1 is 1.50 bits per heavy atom. The van der Waals surface area contributed by atoms with E-state index >= 15 is 0 Å². The zero-order valence-electron chi connectivity index (χ0n) is 9.89. The second kappa shape index (κ2) is 6.20. The van der Waals surface area contributed by atoms with Crippen LogP contribution in [-0.4, -0.2) is 29.5 Å². The maximum atomic E-state index is 13.5. The van der Waals surface area contributed by atoms with Gasteiger partial charge < -0.3 is 9.84 Å². The first-order valence-electron chi connectivity index (χ1n) is 5.94. The van der Waals surface area contributed by atoms with E-state index in [4.69, 9.17) is 9.84 Å². The highest BCUT2D eigenvalue weighted by Crippen LogP contribution is 2.26. The van der Waals surface area contributed by atoms with E-state index in [2.05, 4.69) is 0 Å². The summed E-state index contributed by atoms with van der Waals surface area (Å²) in [7, 11) is 0. The third-order valence-electron chi connectivity index (χ3n) is 2.88. The molecule has 18 heavy (non-hydrogen) atoms. The summed E-state index contributed by atoms with van der Waals surface area (Å²) >= 11 is 1.32. The van der Waals surface area contributed by atoms with Gasteiger partial charge in [-0.05, 0) is 37.5 Å². The van der Waals surface area contributed by atoms with E-state index < -0.39 is 5.97 Å². The molecule has 1 N–H and O–H groups in total. The van der Waals surface area contributed by atoms with E-state index in [1.807, 2.05) is 0 Å². The Morgan fingerprint density at radius 3 is 3.00 bits per heavy atom. The summed E-state index contributed by atoms with van der Waals surface area (Å²) in [6.45, 7) is 0.767. The molecular weight excluding hydrogens is 255 g/mol. The Morgan fingerprint density at radius 2 is 2.33 bits per heavy atom. The van der Waals surface area contributed by atoms with Crippen LogP contribution in [0.2, 0.25) is 0 Å². The molecule has 5 heteroatoms. The van der Waals surface area contributed by atoms with Crippen LogP contribution in [0, 0.1) is 5.82 Å². The molecule has 1 fully saturated rings. The number of aromatic carboxylic acids is 1. The number of hydrogen-bond donors (Lipinski definition) is 1. The van der Waals surface area contributed by atoms with Gasteiger partial charge in [-0.25, -0.2) is 9.18 Å². The molecule has 1 unspecified atom stereocenters. The molecule has 1 heterocycles. The molecule has 1 aromatic carbocycles. The Bertz CT molecular complexity index is 430. The molecule has 1 atom stereocenters. The van der Waals surface area contributed by atoms with Crippen LogP contribution in [0.3, 0.4) is 0 Å². The van der Waals surface area contributed by atoms with Gasteiger partial charge in [0.1, 0.15) is 5.82 Å². The summed E-state index contributed by atoms with van der Waals surface area (Å²) < 4.78 is 19.1. The van der Waals surface area contributed by atoms with Crippen LogP contribution in [0.15, 0.2) is 23.1 Å². The fraction of sp³-hybridized carbons (Fsp3) is 0.462. The first kappa shape index (κ1) is 13.4. The average Bonchev–Trinajstić information content (AvgIpc) is 2.38. The Labute approximate surface area is 109 Å². The summed E-state index contributed by atoms with van der Waals surface area (Å²) in [5.41, 5.74) is 0.114. The van der Waals surface area contributed by atoms with Crippen molar-refractivity contribution in [3.63, 3.8) is 0 Å². The molecule has 1 saturated heterocycles. The molecule has 1 aromatic rings. The van der Waals surface area contributed by atoms with Gasteiger partial charge in [0.05, 0.1) is 11.7 Å². The molecule has 2 rings (SSSR count). The van der Waals surface area contributed by atoms with Crippen molar-refractivity contribution in [2.24, 2.45) is 0 Å². The van der Waals surface area contributed by atoms with Crippen LogP contribution in [0.4, 0.5) is 4.39 Å². The number of carboxylic acid groups (broad SMARTS) is 1. The largest absolute Gasteiger partial charge is 0.478 e. The lowest BCUT2D eigenvalue weighted by Crippen LogP contribution is -2.21. The van der Waals surface area contributed by atoms with E-state index in [0.29, 0.717) is 10.6 Å². The van der Waals surface area contributed by atoms with Gasteiger partial charge in [-0.3, -0.25) is 0 Å². The SMILES string of the molecule is O=C(O)c1ccc(F)c(SCC2CCCCO2)c1. The van der Waals surface area contributed by atoms with Gasteiger partial charge in [-0.2, -0.15) is 0 Å². The topological polar surface area (TPSA) is 46.5 Å². The highest BCUT2D eigenvalue weighted by atomic mass is 32.2. The summed E-state index contributed by atoms with van der Waals surface area (Å²) in [5.74, 6) is -0.744. The second-order valence-electron chi connectivity index (χ2n) is 4.25. The number of ether oxygens (including phenoxy) is 1. The standard InChI is InChI=1S/C13H15FO3S/c14-11-5-4-9(13(15)16)7-12(11)18-8-10-3-1-2-6-17-10/h4-5,7,10H,1-3,6,8H2,(H,15,16). The predicted octanol–water partition coefficient (Wildman–Crippen LogP) is 3.19. The van der Waals surface area contributed by atoms with E-state index in [1.54, 1.807) is 0 Å². The quantitative estimate of drug-likeness (QED) is 0.854. The van der Waals surface area contributed by atoms with Gasteiger partial charge in [0.2, 0.25) is 0 Å². The number of benzene rings is 1. The van der Waals surface area contributed by atoms with Crippen molar-refractivity contribution in [2.75, 3.05) is 12.4 Å². The molecule has 1 aliphatic heterocycles. The summed E-state index contributed by atoms with van der Waals surface area (Å²) in [4.78, 5) is 11.2. The van der Waals surface area contributed by atoms with Gasteiger partial charge in [0.25, 0.3) is 0 Å². The molecule has 98 valence electrons. The van der Waals surface area contributed by atoms with E-state index in [-0.39, 0.29) is 17.5 Å². The Balaban J connectivity index is 1.99. The molecule has 0 aliphatic carbocycles. The first-order valence-corrected chi connectivity index (χ1v) is 6.92. The molecule has 0 aromatic heterocycles. The van der Waals surface area contributed by atoms with Crippen LogP contribution in [-0.2, 0) is 4.74 Å². The predicted molar refractivity (Wildman–Crippen MR) is 67.7 cm³/mol. The fourth-order valence-electron chi connectivity index (χ4n) is 1.87. The van der Waals surface area contributed by atoms with E-state index in [1.165, 1.54) is 30.0 Å². The number of carbonyl (C=O) groups is 1. The van der Waals surface area contributed by atoms with Gasteiger partial charge in [0.15, 0.2) is 0 Å². The number of carboxylic acids is 1. The molecule has 0 amide bonds. The van der Waals surface area contributed by atoms with Crippen LogP contribution >= 0.6 is 11.8 Å². The van der Waals surface area contributed by atoms with Crippen LogP contribution in [0.5, 0.6) is 0 Å². The minimum atomic E-state index is -1.04. The van der Waals surface area contributed by atoms with Crippen molar-refractivity contribution in [2.45, 2.75) is 30.3 Å². The van der Waals surface area contributed by atoms with Crippen LogP contribution in [0.25, 0.3) is 0 Å². The maximum Gasteiger partial charge on any atom is 0.335 e. The molecule has 1 aliphatic rings. The molecular formula is C13H15FO3S. The molecule has 0 bridgehead atoms. The van der Waals surface area contributed by atoms with Gasteiger partial charge >= 0.3 is 5.97 Å². The smallest absolute Gasteiger partial charge is 0.335 e. The van der Waals surface area contributed by atoms with Crippen molar-refractivity contribution < 1.29 is 19.0 Å². The van der Waals surface area contributed by atoms with Crippen LogP contribution < -0.4 is 0 Å². The van der Waals surface area contributed by atoms with E-state index in [9.17, 15) is 9.18 Å². The number of thioether (sulfide) groups is 1. The van der Waals surface area contributed by atoms with Crippen molar-refractivity contribution >= 4 is 17.7 Å². The molecule has 0 radical (unpaired) electrons. The lowest BCUT2D eigenvalue weighted by molar-refractivity contribution is 0.0315. The lowest BCUT2D eigenvalue weighted by Gasteiger charge is -2.22. The molecule has 3 nitrogen and oxygen atoms in total. The number of hydrogen-bond acceptors (Lipinski definition) is 3. The zero-order chi connectivity index (χ0) is 13.0. The minimum absolute atomic E-state index is 0.114. The van der Waals surface area contributed by atoms with Gasteiger partial charge in [-0.1, -0.05) is 0 Å². The zero-order valence-corrected chi connectivity index (χ0v) is 10.7. The van der Waals surface area contributed by atoms with Gasteiger partial charge in [0, 0.05) is 17.3 Å². The van der Waals surface area contributed by atoms with Crippen LogP contribution in [0.1, 0.15) is 29.6 Å². The molecule has 0 saturated carbocycles. The van der Waals surface area contributed by atoms with Gasteiger partial charge in [-0.15, -0.1) is 11.8 Å². The third kappa shape index (κ3) is 3.46. The average molecular weight is 270 g/mol. The molecule has 0 spiro atoms. The van der Waals surface area contributed by atoms with Crippen molar-refractivity contribution in [1.82, 2.24) is 0 Å². The second-order valence-corrected chi connectivity index (χ2v) is 5.31.